The zero-order chi connectivity index (χ0) is 12.4. The van der Waals surface area contributed by atoms with Gasteiger partial charge in [-0.05, 0) is 30.3 Å². The third-order valence-corrected chi connectivity index (χ3v) is 3.71. The Morgan fingerprint density at radius 3 is 2.24 bits per heavy atom. The highest BCUT2D eigenvalue weighted by molar-refractivity contribution is 6.44. The first kappa shape index (κ1) is 12.8. The van der Waals surface area contributed by atoms with Crippen LogP contribution < -0.4 is 5.32 Å². The Hall–Kier alpha value is -0.600. The van der Waals surface area contributed by atoms with Crippen LogP contribution in [0.5, 0.6) is 0 Å². The van der Waals surface area contributed by atoms with Crippen LogP contribution in [0.4, 0.5) is 11.4 Å². The number of hydrogen-bond acceptors (Lipinski definition) is 1. The van der Waals surface area contributed by atoms with Gasteiger partial charge < -0.3 is 5.32 Å². The third kappa shape index (κ3) is 2.99. The summed E-state index contributed by atoms with van der Waals surface area (Å²) in [6, 6.07) is 10.6. The Morgan fingerprint density at radius 2 is 1.53 bits per heavy atom. The molecule has 0 aliphatic heterocycles. The molecule has 0 fully saturated rings. The molecule has 1 N–H and O–H groups in total. The van der Waals surface area contributed by atoms with Crippen molar-refractivity contribution in [2.45, 2.75) is 0 Å². The van der Waals surface area contributed by atoms with E-state index in [9.17, 15) is 0 Å². The monoisotopic (exact) mass is 305 g/mol. The summed E-state index contributed by atoms with van der Waals surface area (Å²) in [6.07, 6.45) is 0. The lowest BCUT2D eigenvalue weighted by atomic mass is 10.2. The van der Waals surface area contributed by atoms with E-state index in [-0.39, 0.29) is 0 Å². The Morgan fingerprint density at radius 1 is 0.765 bits per heavy atom. The number of anilines is 2. The quantitative estimate of drug-likeness (QED) is 0.712. The number of hydrogen-bond donors (Lipinski definition) is 1. The van der Waals surface area contributed by atoms with E-state index in [1.54, 1.807) is 18.2 Å². The average Bonchev–Trinajstić information content (AvgIpc) is 2.30. The molecule has 0 saturated carbocycles. The van der Waals surface area contributed by atoms with Crippen LogP contribution in [-0.2, 0) is 0 Å². The summed E-state index contributed by atoms with van der Waals surface area (Å²) in [5.41, 5.74) is 1.51. The molecule has 0 heterocycles. The van der Waals surface area contributed by atoms with Gasteiger partial charge in [0, 0.05) is 5.69 Å². The van der Waals surface area contributed by atoms with Crippen LogP contribution >= 0.6 is 46.4 Å². The number of rotatable bonds is 2. The second-order valence-electron chi connectivity index (χ2n) is 3.36. The number of benzene rings is 2. The van der Waals surface area contributed by atoms with E-state index in [1.807, 2.05) is 18.2 Å². The van der Waals surface area contributed by atoms with Crippen LogP contribution in [-0.4, -0.2) is 0 Å². The lowest BCUT2D eigenvalue weighted by Gasteiger charge is -2.09. The SMILES string of the molecule is Clc1ccc(Nc2cccc(Cl)c2Cl)cc1Cl. The van der Waals surface area contributed by atoms with Gasteiger partial charge in [0.15, 0.2) is 0 Å². The molecule has 17 heavy (non-hydrogen) atoms. The molecule has 0 radical (unpaired) electrons. The second-order valence-corrected chi connectivity index (χ2v) is 4.95. The number of halogens is 4. The molecule has 88 valence electrons. The molecule has 0 spiro atoms. The van der Waals surface area contributed by atoms with Gasteiger partial charge in [-0.1, -0.05) is 52.5 Å². The Balaban J connectivity index is 2.31. The summed E-state index contributed by atoms with van der Waals surface area (Å²) < 4.78 is 0. The zero-order valence-electron chi connectivity index (χ0n) is 8.48. The molecule has 2 aromatic rings. The van der Waals surface area contributed by atoms with Crippen molar-refractivity contribution in [1.82, 2.24) is 0 Å². The lowest BCUT2D eigenvalue weighted by Crippen LogP contribution is -1.91. The van der Waals surface area contributed by atoms with Crippen LogP contribution in [0.3, 0.4) is 0 Å². The average molecular weight is 307 g/mol. The molecule has 2 rings (SSSR count). The van der Waals surface area contributed by atoms with Crippen molar-refractivity contribution in [2.75, 3.05) is 5.32 Å². The molecule has 5 heteroatoms. The van der Waals surface area contributed by atoms with Crippen molar-refractivity contribution in [3.05, 3.63) is 56.5 Å². The van der Waals surface area contributed by atoms with Crippen molar-refractivity contribution in [3.63, 3.8) is 0 Å². The summed E-state index contributed by atoms with van der Waals surface area (Å²) in [5, 5.41) is 5.08. The van der Waals surface area contributed by atoms with Crippen molar-refractivity contribution in [3.8, 4) is 0 Å². The van der Waals surface area contributed by atoms with Crippen LogP contribution in [0.15, 0.2) is 36.4 Å². The van der Waals surface area contributed by atoms with E-state index in [0.717, 1.165) is 11.4 Å². The van der Waals surface area contributed by atoms with Crippen molar-refractivity contribution >= 4 is 57.8 Å². The molecule has 0 aliphatic carbocycles. The summed E-state index contributed by atoms with van der Waals surface area (Å²) in [7, 11) is 0. The van der Waals surface area contributed by atoms with Crippen LogP contribution in [0.1, 0.15) is 0 Å². The minimum absolute atomic E-state index is 0.472. The van der Waals surface area contributed by atoms with E-state index < -0.39 is 0 Å². The van der Waals surface area contributed by atoms with Gasteiger partial charge in [0.2, 0.25) is 0 Å². The highest BCUT2D eigenvalue weighted by Gasteiger charge is 2.05. The standard InChI is InChI=1S/C12H7Cl4N/c13-8-5-4-7(6-10(8)15)17-11-3-1-2-9(14)12(11)16/h1-6,17H. The predicted octanol–water partition coefficient (Wildman–Crippen LogP) is 6.04. The van der Waals surface area contributed by atoms with Gasteiger partial charge in [0.25, 0.3) is 0 Å². The third-order valence-electron chi connectivity index (χ3n) is 2.15. The van der Waals surface area contributed by atoms with Crippen molar-refractivity contribution in [2.24, 2.45) is 0 Å². The summed E-state index contributed by atoms with van der Waals surface area (Å²) in [5.74, 6) is 0. The molecule has 0 unspecified atom stereocenters. The Labute approximate surface area is 119 Å². The van der Waals surface area contributed by atoms with Gasteiger partial charge in [0.1, 0.15) is 0 Å². The molecule has 0 amide bonds. The summed E-state index contributed by atoms with van der Waals surface area (Å²) in [6.45, 7) is 0. The summed E-state index contributed by atoms with van der Waals surface area (Å²) >= 11 is 23.7. The molecule has 2 aromatic carbocycles. The molecular formula is C12H7Cl4N. The fraction of sp³-hybridized carbons (Fsp3) is 0. The van der Waals surface area contributed by atoms with Crippen LogP contribution in [0, 0.1) is 0 Å². The Kier molecular flexibility index (Phi) is 4.05. The molecule has 0 saturated heterocycles. The van der Waals surface area contributed by atoms with Gasteiger partial charge in [0.05, 0.1) is 25.8 Å². The highest BCUT2D eigenvalue weighted by Crippen LogP contribution is 2.33. The fourth-order valence-corrected chi connectivity index (χ4v) is 1.98. The van der Waals surface area contributed by atoms with E-state index >= 15 is 0 Å². The van der Waals surface area contributed by atoms with Gasteiger partial charge in [-0.25, -0.2) is 0 Å². The maximum absolute atomic E-state index is 6.06. The summed E-state index contributed by atoms with van der Waals surface area (Å²) in [4.78, 5) is 0. The maximum atomic E-state index is 6.06. The predicted molar refractivity (Wildman–Crippen MR) is 76.2 cm³/mol. The molecule has 0 aromatic heterocycles. The first-order valence-corrected chi connectivity index (χ1v) is 6.25. The molecule has 0 atom stereocenters. The Bertz CT molecular complexity index is 554. The minimum atomic E-state index is 0.472. The van der Waals surface area contributed by atoms with Crippen LogP contribution in [0.25, 0.3) is 0 Å². The first-order chi connectivity index (χ1) is 8.08. The fourth-order valence-electron chi connectivity index (χ4n) is 1.33. The largest absolute Gasteiger partial charge is 0.354 e. The highest BCUT2D eigenvalue weighted by atomic mass is 35.5. The molecule has 1 nitrogen and oxygen atoms in total. The normalized spacial score (nSPS) is 10.4. The van der Waals surface area contributed by atoms with E-state index in [4.69, 9.17) is 46.4 Å². The molecular weight excluding hydrogens is 300 g/mol. The topological polar surface area (TPSA) is 12.0 Å². The first-order valence-electron chi connectivity index (χ1n) is 4.74. The molecule has 0 bridgehead atoms. The smallest absolute Gasteiger partial charge is 0.0827 e. The lowest BCUT2D eigenvalue weighted by molar-refractivity contribution is 1.55. The zero-order valence-corrected chi connectivity index (χ0v) is 11.5. The number of nitrogens with one attached hydrogen (secondary N) is 1. The van der Waals surface area contributed by atoms with Gasteiger partial charge >= 0.3 is 0 Å². The van der Waals surface area contributed by atoms with Gasteiger partial charge in [-0.15, -0.1) is 0 Å². The van der Waals surface area contributed by atoms with Crippen molar-refractivity contribution in [1.29, 1.82) is 0 Å². The van der Waals surface area contributed by atoms with Crippen LogP contribution in [0.2, 0.25) is 20.1 Å². The molecule has 0 aliphatic rings. The minimum Gasteiger partial charge on any atom is -0.354 e. The van der Waals surface area contributed by atoms with Gasteiger partial charge in [-0.3, -0.25) is 0 Å². The van der Waals surface area contributed by atoms with E-state index in [0.29, 0.717) is 20.1 Å². The van der Waals surface area contributed by atoms with E-state index in [1.165, 1.54) is 0 Å². The van der Waals surface area contributed by atoms with Gasteiger partial charge in [-0.2, -0.15) is 0 Å². The van der Waals surface area contributed by atoms with Crippen molar-refractivity contribution < 1.29 is 0 Å². The van der Waals surface area contributed by atoms with E-state index in [2.05, 4.69) is 5.32 Å². The second kappa shape index (κ2) is 5.36. The maximum Gasteiger partial charge on any atom is 0.0827 e.